The Hall–Kier alpha value is -3.58. The van der Waals surface area contributed by atoms with Crippen LogP contribution in [0.25, 0.3) is 10.2 Å². The highest BCUT2D eigenvalue weighted by Gasteiger charge is 2.28. The number of hydrogen-bond acceptors (Lipinski definition) is 9. The lowest BCUT2D eigenvalue weighted by Gasteiger charge is -2.21. The van der Waals surface area contributed by atoms with E-state index in [1.165, 1.54) is 39.9 Å². The molecule has 1 amide bonds. The summed E-state index contributed by atoms with van der Waals surface area (Å²) in [5, 5.41) is 0.444. The molecule has 0 saturated carbocycles. The predicted molar refractivity (Wildman–Crippen MR) is 153 cm³/mol. The van der Waals surface area contributed by atoms with Crippen LogP contribution in [-0.4, -0.2) is 69.1 Å². The fraction of sp³-hybridized carbons (Fsp3) is 0.321. The van der Waals surface area contributed by atoms with E-state index in [1.807, 2.05) is 6.07 Å². The highest BCUT2D eigenvalue weighted by molar-refractivity contribution is 7.89. The smallest absolute Gasteiger partial charge is 0.260 e. The number of sulfonamides is 1. The molecule has 1 atom stereocenters. The van der Waals surface area contributed by atoms with E-state index >= 15 is 0 Å². The third-order valence-corrected chi connectivity index (χ3v) is 9.66. The van der Waals surface area contributed by atoms with Gasteiger partial charge in [-0.15, -0.1) is 0 Å². The number of hydrogen-bond donors (Lipinski definition) is 0. The van der Waals surface area contributed by atoms with Crippen LogP contribution in [0.3, 0.4) is 0 Å². The van der Waals surface area contributed by atoms with Crippen molar-refractivity contribution in [1.29, 1.82) is 0 Å². The molecule has 1 fully saturated rings. The molecule has 5 rings (SSSR count). The molecule has 40 heavy (non-hydrogen) atoms. The van der Waals surface area contributed by atoms with E-state index < -0.39 is 10.0 Å². The van der Waals surface area contributed by atoms with Crippen molar-refractivity contribution in [1.82, 2.24) is 14.3 Å². The van der Waals surface area contributed by atoms with Crippen molar-refractivity contribution in [3.05, 3.63) is 72.1 Å². The predicted octanol–water partition coefficient (Wildman–Crippen LogP) is 4.36. The van der Waals surface area contributed by atoms with Crippen LogP contribution in [0.2, 0.25) is 0 Å². The summed E-state index contributed by atoms with van der Waals surface area (Å²) in [5.41, 5.74) is 1.72. The van der Waals surface area contributed by atoms with E-state index in [0.717, 1.165) is 23.1 Å². The number of ether oxygens (including phenoxy) is 3. The van der Waals surface area contributed by atoms with E-state index in [2.05, 4.69) is 4.98 Å². The number of carbonyl (C=O) groups excluding carboxylic acids is 1. The van der Waals surface area contributed by atoms with Crippen LogP contribution in [0.4, 0.5) is 5.13 Å². The van der Waals surface area contributed by atoms with E-state index in [4.69, 9.17) is 19.2 Å². The Kier molecular flexibility index (Phi) is 8.31. The molecule has 1 aliphatic rings. The van der Waals surface area contributed by atoms with Gasteiger partial charge in [0.25, 0.3) is 5.91 Å². The molecular formula is C28H30N4O6S2. The monoisotopic (exact) mass is 582 g/mol. The second-order valence-corrected chi connectivity index (χ2v) is 12.4. The van der Waals surface area contributed by atoms with Crippen molar-refractivity contribution in [2.45, 2.75) is 30.4 Å². The van der Waals surface area contributed by atoms with Crippen LogP contribution in [0.15, 0.2) is 65.8 Å². The zero-order valence-corrected chi connectivity index (χ0v) is 24.1. The van der Waals surface area contributed by atoms with Gasteiger partial charge in [0.15, 0.2) is 5.13 Å². The number of methoxy groups -OCH3 is 2. The van der Waals surface area contributed by atoms with Gasteiger partial charge < -0.3 is 14.2 Å². The first kappa shape index (κ1) is 28.0. The quantitative estimate of drug-likeness (QED) is 0.271. The summed E-state index contributed by atoms with van der Waals surface area (Å²) < 4.78 is 45.0. The molecule has 4 aromatic rings. The average molecular weight is 583 g/mol. The van der Waals surface area contributed by atoms with Gasteiger partial charge in [0, 0.05) is 38.2 Å². The summed E-state index contributed by atoms with van der Waals surface area (Å²) >= 11 is 1.31. The van der Waals surface area contributed by atoms with Gasteiger partial charge in [-0.05, 0) is 60.9 Å². The van der Waals surface area contributed by atoms with Crippen molar-refractivity contribution in [3.63, 3.8) is 0 Å². The Bertz CT molecular complexity index is 1550. The number of pyridine rings is 1. The molecule has 3 heterocycles. The standard InChI is InChI=1S/C28H30N4O6S2/c1-31(18-21-7-5-15-38-21)40(34,35)22-10-8-20(9-11-22)27(33)32(17-19-6-4-14-29-16-19)28-30-25-23(36-2)12-13-24(37-3)26(25)39-28/h4,6,8-14,16,21H,5,7,15,17-18H2,1-3H3. The molecule has 0 aliphatic carbocycles. The number of fused-ring (bicyclic) bond motifs is 1. The first-order valence-electron chi connectivity index (χ1n) is 12.7. The Balaban J connectivity index is 1.47. The molecule has 0 spiro atoms. The normalized spacial score (nSPS) is 15.4. The van der Waals surface area contributed by atoms with Gasteiger partial charge in [0.1, 0.15) is 21.7 Å². The Labute approximate surface area is 237 Å². The largest absolute Gasteiger partial charge is 0.495 e. The minimum Gasteiger partial charge on any atom is -0.495 e. The topological polar surface area (TPSA) is 111 Å². The minimum absolute atomic E-state index is 0.104. The number of carbonyl (C=O) groups is 1. The molecule has 10 nitrogen and oxygen atoms in total. The zero-order valence-electron chi connectivity index (χ0n) is 22.4. The van der Waals surface area contributed by atoms with Crippen molar-refractivity contribution < 1.29 is 27.4 Å². The molecule has 1 saturated heterocycles. The molecule has 12 heteroatoms. The van der Waals surface area contributed by atoms with E-state index in [1.54, 1.807) is 56.8 Å². The number of rotatable bonds is 10. The second kappa shape index (κ2) is 11.9. The third-order valence-electron chi connectivity index (χ3n) is 6.73. The summed E-state index contributed by atoms with van der Waals surface area (Å²) in [4.78, 5) is 24.5. The molecule has 0 radical (unpaired) electrons. The van der Waals surface area contributed by atoms with E-state index in [0.29, 0.717) is 34.3 Å². The molecule has 1 aliphatic heterocycles. The first-order valence-corrected chi connectivity index (χ1v) is 15.0. The summed E-state index contributed by atoms with van der Waals surface area (Å²) in [5.74, 6) is 0.848. The van der Waals surface area contributed by atoms with E-state index in [9.17, 15) is 13.2 Å². The van der Waals surface area contributed by atoms with Gasteiger partial charge in [-0.3, -0.25) is 14.7 Å². The molecule has 1 unspecified atom stereocenters. The maximum atomic E-state index is 13.9. The zero-order chi connectivity index (χ0) is 28.3. The third kappa shape index (κ3) is 5.66. The van der Waals surface area contributed by atoms with Crippen molar-refractivity contribution in [2.24, 2.45) is 0 Å². The second-order valence-electron chi connectivity index (χ2n) is 9.34. The van der Waals surface area contributed by atoms with Gasteiger partial charge in [-0.1, -0.05) is 17.4 Å². The highest BCUT2D eigenvalue weighted by Crippen LogP contribution is 2.40. The summed E-state index contributed by atoms with van der Waals surface area (Å²) in [6.45, 7) is 1.15. The molecule has 210 valence electrons. The van der Waals surface area contributed by atoms with Crippen LogP contribution >= 0.6 is 11.3 Å². The molecular weight excluding hydrogens is 552 g/mol. The number of likely N-dealkylation sites (N-methyl/N-ethyl adjacent to an activating group) is 1. The van der Waals surface area contributed by atoms with Gasteiger partial charge in [0.2, 0.25) is 10.0 Å². The van der Waals surface area contributed by atoms with Crippen molar-refractivity contribution in [3.8, 4) is 11.5 Å². The molecule has 2 aromatic heterocycles. The Morgan fingerprint density at radius 2 is 1.85 bits per heavy atom. The highest BCUT2D eigenvalue weighted by atomic mass is 32.2. The number of anilines is 1. The van der Waals surface area contributed by atoms with Gasteiger partial charge in [-0.25, -0.2) is 13.4 Å². The minimum atomic E-state index is -3.74. The lowest BCUT2D eigenvalue weighted by molar-refractivity contribution is 0.0978. The van der Waals surface area contributed by atoms with Gasteiger partial charge in [0.05, 0.1) is 31.8 Å². The SMILES string of the molecule is COc1ccc(OC)c2sc(N(Cc3cccnc3)C(=O)c3ccc(S(=O)(=O)N(C)CC4CCCO4)cc3)nc12. The Morgan fingerprint density at radius 3 is 2.50 bits per heavy atom. The summed E-state index contributed by atoms with van der Waals surface area (Å²) in [6, 6.07) is 13.2. The number of aromatic nitrogens is 2. The lowest BCUT2D eigenvalue weighted by Crippen LogP contribution is -2.34. The number of nitrogens with zero attached hydrogens (tertiary/aromatic N) is 4. The van der Waals surface area contributed by atoms with Crippen molar-refractivity contribution in [2.75, 3.05) is 39.3 Å². The van der Waals surface area contributed by atoms with Crippen molar-refractivity contribution >= 4 is 42.6 Å². The van der Waals surface area contributed by atoms with Crippen LogP contribution in [0.1, 0.15) is 28.8 Å². The number of amides is 1. The van der Waals surface area contributed by atoms with Crippen LogP contribution in [0, 0.1) is 0 Å². The summed E-state index contributed by atoms with van der Waals surface area (Å²) in [7, 11) is 0.941. The number of thiazole rings is 1. The molecule has 2 aromatic carbocycles. The van der Waals surface area contributed by atoms with Gasteiger partial charge >= 0.3 is 0 Å². The van der Waals surface area contributed by atoms with Crippen LogP contribution in [0.5, 0.6) is 11.5 Å². The van der Waals surface area contributed by atoms with Gasteiger partial charge in [-0.2, -0.15) is 4.31 Å². The fourth-order valence-corrected chi connectivity index (χ4v) is 6.84. The number of benzene rings is 2. The average Bonchev–Trinajstić information content (AvgIpc) is 3.66. The molecule has 0 N–H and O–H groups in total. The fourth-order valence-electron chi connectivity index (χ4n) is 4.57. The van der Waals surface area contributed by atoms with E-state index in [-0.39, 0.29) is 30.0 Å². The summed E-state index contributed by atoms with van der Waals surface area (Å²) in [6.07, 6.45) is 5.02. The lowest BCUT2D eigenvalue weighted by atomic mass is 10.2. The maximum absolute atomic E-state index is 13.9. The maximum Gasteiger partial charge on any atom is 0.260 e. The van der Waals surface area contributed by atoms with Crippen LogP contribution in [-0.2, 0) is 21.3 Å². The Morgan fingerprint density at radius 1 is 1.10 bits per heavy atom. The first-order chi connectivity index (χ1) is 19.3. The van der Waals surface area contributed by atoms with Crippen LogP contribution < -0.4 is 14.4 Å². The molecule has 0 bridgehead atoms.